The lowest BCUT2D eigenvalue weighted by atomic mass is 10.1. The summed E-state index contributed by atoms with van der Waals surface area (Å²) >= 11 is 0. The van der Waals surface area contributed by atoms with Gasteiger partial charge in [-0.05, 0) is 25.0 Å². The van der Waals surface area contributed by atoms with Crippen molar-refractivity contribution in [2.45, 2.75) is 45.6 Å². The van der Waals surface area contributed by atoms with E-state index in [0.717, 1.165) is 19.3 Å². The molecule has 2 aromatic heterocycles. The smallest absolute Gasteiger partial charge is 0.255 e. The maximum atomic E-state index is 13.1. The first-order chi connectivity index (χ1) is 17.1. The SMILES string of the molecule is CCCCOc1ccc2c(c1-c1ncnc3c(C(=O)N[C@@H]4CCN(C(=O)CC)C4)c[nH]c13)OCO2. The molecule has 10 nitrogen and oxygen atoms in total. The molecule has 5 rings (SSSR count). The fourth-order valence-electron chi connectivity index (χ4n) is 4.52. The van der Waals surface area contributed by atoms with Crippen molar-refractivity contribution in [3.05, 3.63) is 30.2 Å². The highest BCUT2D eigenvalue weighted by molar-refractivity contribution is 6.08. The summed E-state index contributed by atoms with van der Waals surface area (Å²) in [4.78, 5) is 39.0. The van der Waals surface area contributed by atoms with Crippen molar-refractivity contribution in [1.29, 1.82) is 0 Å². The lowest BCUT2D eigenvalue weighted by molar-refractivity contribution is -0.129. The molecule has 184 valence electrons. The zero-order chi connectivity index (χ0) is 24.4. The molecule has 35 heavy (non-hydrogen) atoms. The highest BCUT2D eigenvalue weighted by atomic mass is 16.7. The van der Waals surface area contributed by atoms with Crippen LogP contribution in [0.25, 0.3) is 22.3 Å². The van der Waals surface area contributed by atoms with E-state index in [1.54, 1.807) is 11.1 Å². The topological polar surface area (TPSA) is 119 Å². The van der Waals surface area contributed by atoms with Gasteiger partial charge in [0.15, 0.2) is 11.5 Å². The number of carbonyl (C=O) groups excluding carboxylic acids is 2. The van der Waals surface area contributed by atoms with E-state index in [1.807, 2.05) is 19.1 Å². The fraction of sp³-hybridized carbons (Fsp3) is 0.440. The summed E-state index contributed by atoms with van der Waals surface area (Å²) in [6.45, 7) is 5.80. The van der Waals surface area contributed by atoms with Crippen LogP contribution in [-0.2, 0) is 4.79 Å². The van der Waals surface area contributed by atoms with Crippen molar-refractivity contribution in [3.63, 3.8) is 0 Å². The van der Waals surface area contributed by atoms with Crippen molar-refractivity contribution >= 4 is 22.8 Å². The van der Waals surface area contributed by atoms with Crippen molar-refractivity contribution in [3.8, 4) is 28.5 Å². The summed E-state index contributed by atoms with van der Waals surface area (Å²) in [5, 5.41) is 3.05. The molecule has 0 radical (unpaired) electrons. The van der Waals surface area contributed by atoms with E-state index in [9.17, 15) is 9.59 Å². The van der Waals surface area contributed by atoms with E-state index in [-0.39, 0.29) is 24.6 Å². The Bertz CT molecular complexity index is 1260. The fourth-order valence-corrected chi connectivity index (χ4v) is 4.52. The summed E-state index contributed by atoms with van der Waals surface area (Å²) in [6.07, 6.45) is 6.20. The van der Waals surface area contributed by atoms with Gasteiger partial charge in [0.25, 0.3) is 5.91 Å². The number of nitrogens with one attached hydrogen (secondary N) is 2. The van der Waals surface area contributed by atoms with Gasteiger partial charge in [0.1, 0.15) is 23.3 Å². The Hall–Kier alpha value is -3.82. The van der Waals surface area contributed by atoms with Gasteiger partial charge in [-0.15, -0.1) is 0 Å². The first kappa shape index (κ1) is 22.9. The van der Waals surface area contributed by atoms with Gasteiger partial charge < -0.3 is 29.4 Å². The van der Waals surface area contributed by atoms with Crippen LogP contribution in [0, 0.1) is 0 Å². The van der Waals surface area contributed by atoms with E-state index in [0.29, 0.717) is 71.2 Å². The van der Waals surface area contributed by atoms with Gasteiger partial charge in [-0.25, -0.2) is 9.97 Å². The van der Waals surface area contributed by atoms with Crippen LogP contribution in [0.4, 0.5) is 0 Å². The number of fused-ring (bicyclic) bond motifs is 2. The molecule has 1 fully saturated rings. The number of carbonyl (C=O) groups is 2. The van der Waals surface area contributed by atoms with E-state index in [2.05, 4.69) is 27.2 Å². The average Bonchev–Trinajstić information content (AvgIpc) is 3.62. The summed E-state index contributed by atoms with van der Waals surface area (Å²) in [5.74, 6) is 1.67. The summed E-state index contributed by atoms with van der Waals surface area (Å²) in [6, 6.07) is 3.59. The van der Waals surface area contributed by atoms with Crippen LogP contribution in [0.15, 0.2) is 24.7 Å². The van der Waals surface area contributed by atoms with Crippen LogP contribution < -0.4 is 19.5 Å². The summed E-state index contributed by atoms with van der Waals surface area (Å²) < 4.78 is 17.4. The van der Waals surface area contributed by atoms with Gasteiger partial charge in [0.05, 0.1) is 23.3 Å². The Balaban J connectivity index is 1.46. The van der Waals surface area contributed by atoms with Crippen LogP contribution >= 0.6 is 0 Å². The zero-order valence-electron chi connectivity index (χ0n) is 19.9. The molecule has 0 aliphatic carbocycles. The predicted octanol–water partition coefficient (Wildman–Crippen LogP) is 3.27. The van der Waals surface area contributed by atoms with E-state index < -0.39 is 0 Å². The first-order valence-electron chi connectivity index (χ1n) is 12.1. The first-order valence-corrected chi connectivity index (χ1v) is 12.1. The van der Waals surface area contributed by atoms with E-state index in [4.69, 9.17) is 14.2 Å². The highest BCUT2D eigenvalue weighted by Gasteiger charge is 2.29. The molecule has 1 atom stereocenters. The Morgan fingerprint density at radius 3 is 2.97 bits per heavy atom. The number of nitrogens with zero attached hydrogens (tertiary/aromatic N) is 3. The van der Waals surface area contributed by atoms with Crippen molar-refractivity contribution in [1.82, 2.24) is 25.2 Å². The molecular formula is C25H29N5O5. The normalized spacial score (nSPS) is 16.6. The van der Waals surface area contributed by atoms with Gasteiger partial charge in [-0.1, -0.05) is 20.3 Å². The minimum Gasteiger partial charge on any atom is -0.493 e. The molecule has 1 saturated heterocycles. The molecule has 0 unspecified atom stereocenters. The number of H-pyrrole nitrogens is 1. The molecule has 2 aliphatic heterocycles. The molecule has 4 heterocycles. The Morgan fingerprint density at radius 1 is 1.26 bits per heavy atom. The van der Waals surface area contributed by atoms with E-state index in [1.165, 1.54) is 6.33 Å². The van der Waals surface area contributed by atoms with Crippen molar-refractivity contribution in [2.75, 3.05) is 26.5 Å². The Morgan fingerprint density at radius 2 is 2.14 bits per heavy atom. The van der Waals surface area contributed by atoms with Crippen molar-refractivity contribution in [2.24, 2.45) is 0 Å². The van der Waals surface area contributed by atoms with Crippen LogP contribution in [0.1, 0.15) is 49.9 Å². The third-order valence-corrected chi connectivity index (χ3v) is 6.38. The van der Waals surface area contributed by atoms with Gasteiger partial charge >= 0.3 is 0 Å². The molecule has 0 saturated carbocycles. The summed E-state index contributed by atoms with van der Waals surface area (Å²) in [7, 11) is 0. The molecular weight excluding hydrogens is 450 g/mol. The van der Waals surface area contributed by atoms with Crippen molar-refractivity contribution < 1.29 is 23.8 Å². The number of benzene rings is 1. The number of hydrogen-bond acceptors (Lipinski definition) is 7. The molecule has 0 spiro atoms. The molecule has 2 N–H and O–H groups in total. The lowest BCUT2D eigenvalue weighted by Crippen LogP contribution is -2.38. The lowest BCUT2D eigenvalue weighted by Gasteiger charge is -2.16. The predicted molar refractivity (Wildman–Crippen MR) is 129 cm³/mol. The number of amides is 2. The van der Waals surface area contributed by atoms with Crippen LogP contribution in [-0.4, -0.2) is 64.2 Å². The molecule has 3 aromatic rings. The number of ether oxygens (including phenoxy) is 3. The third kappa shape index (κ3) is 4.36. The second-order valence-electron chi connectivity index (χ2n) is 8.68. The monoisotopic (exact) mass is 479 g/mol. The minimum absolute atomic E-state index is 0.0919. The number of aromatic amines is 1. The Labute approximate surface area is 203 Å². The van der Waals surface area contributed by atoms with Crippen LogP contribution in [0.3, 0.4) is 0 Å². The number of rotatable bonds is 8. The largest absolute Gasteiger partial charge is 0.493 e. The molecule has 0 bridgehead atoms. The van der Waals surface area contributed by atoms with Gasteiger partial charge in [0, 0.05) is 31.7 Å². The summed E-state index contributed by atoms with van der Waals surface area (Å²) in [5.41, 5.74) is 2.77. The van der Waals surface area contributed by atoms with Gasteiger partial charge in [-0.3, -0.25) is 9.59 Å². The second-order valence-corrected chi connectivity index (χ2v) is 8.68. The number of aromatic nitrogens is 3. The average molecular weight is 480 g/mol. The van der Waals surface area contributed by atoms with Crippen LogP contribution in [0.5, 0.6) is 17.2 Å². The molecule has 2 aliphatic rings. The molecule has 1 aromatic carbocycles. The number of likely N-dealkylation sites (tertiary alicyclic amines) is 1. The quantitative estimate of drug-likeness (QED) is 0.476. The third-order valence-electron chi connectivity index (χ3n) is 6.38. The maximum Gasteiger partial charge on any atom is 0.255 e. The van der Waals surface area contributed by atoms with E-state index >= 15 is 0 Å². The number of unbranched alkanes of at least 4 members (excludes halogenated alkanes) is 1. The minimum atomic E-state index is -0.242. The van der Waals surface area contributed by atoms with Gasteiger partial charge in [-0.2, -0.15) is 0 Å². The zero-order valence-corrected chi connectivity index (χ0v) is 19.9. The Kier molecular flexibility index (Phi) is 6.43. The number of hydrogen-bond donors (Lipinski definition) is 2. The van der Waals surface area contributed by atoms with Crippen LogP contribution in [0.2, 0.25) is 0 Å². The maximum absolute atomic E-state index is 13.1. The molecule has 10 heteroatoms. The van der Waals surface area contributed by atoms with Gasteiger partial charge in [0.2, 0.25) is 12.7 Å². The molecule has 2 amide bonds. The second kappa shape index (κ2) is 9.81. The highest BCUT2D eigenvalue weighted by Crippen LogP contribution is 2.47. The standard InChI is InChI=1S/C25H29N5O5/c1-3-5-10-33-17-6-7-18-24(35-14-34-18)20(17)22-23-21(27-13-28-22)16(11-26-23)25(32)29-15-8-9-30(12-15)19(31)4-2/h6-7,11,13,15,26H,3-5,8-10,12,14H2,1-2H3,(H,29,32)/t15-/m1/s1.